The molecule has 1 amide bonds. The van der Waals surface area contributed by atoms with Gasteiger partial charge in [0, 0.05) is 75.6 Å². The highest BCUT2D eigenvalue weighted by Crippen LogP contribution is 2.43. The van der Waals surface area contributed by atoms with Gasteiger partial charge in [-0.1, -0.05) is 6.07 Å². The third-order valence-corrected chi connectivity index (χ3v) is 12.3. The molecule has 0 spiro atoms. The Morgan fingerprint density at radius 2 is 1.44 bits per heavy atom. The third-order valence-electron chi connectivity index (χ3n) is 12.3. The van der Waals surface area contributed by atoms with Gasteiger partial charge in [0.15, 0.2) is 0 Å². The van der Waals surface area contributed by atoms with E-state index in [1.807, 2.05) is 65.7 Å². The Labute approximate surface area is 353 Å². The number of nitrogens with one attached hydrogen (secondary N) is 2. The molecule has 9 rings (SSSR count). The zero-order valence-corrected chi connectivity index (χ0v) is 35.1. The van der Waals surface area contributed by atoms with Gasteiger partial charge in [-0.2, -0.15) is 0 Å². The van der Waals surface area contributed by atoms with Crippen LogP contribution in [0.5, 0.6) is 23.1 Å². The Hall–Kier alpha value is -5.97. The maximum Gasteiger partial charge on any atom is 0.228 e. The van der Waals surface area contributed by atoms with Gasteiger partial charge in [-0.25, -0.2) is 19.3 Å². The van der Waals surface area contributed by atoms with Crippen LogP contribution in [0, 0.1) is 17.8 Å². The van der Waals surface area contributed by atoms with Crippen LogP contribution in [0.3, 0.4) is 0 Å². The SMILES string of the molecule is COc1cccc(OCCOc2ccnc(OC)c2-c2cc3cc(NC(=O)C4CC4CN4CCN(C)CC4)ncc3n2C)c1-c1cc2cc(NC(O)C3CC3F)ncc2n1C. The number of aliphatic hydroxyl groups is 1. The number of ether oxygens (including phenoxy) is 4. The maximum atomic E-state index is 13.5. The highest BCUT2D eigenvalue weighted by molar-refractivity contribution is 5.97. The maximum absolute atomic E-state index is 13.5. The van der Waals surface area contributed by atoms with E-state index in [1.54, 1.807) is 38.9 Å². The lowest BCUT2D eigenvalue weighted by Crippen LogP contribution is -2.45. The van der Waals surface area contributed by atoms with Crippen molar-refractivity contribution in [2.75, 3.05) is 77.8 Å². The number of carbonyl (C=O) groups excluding carboxylic acids is 1. The molecule has 3 fully saturated rings. The number of aryl methyl sites for hydroxylation is 2. The average molecular weight is 834 g/mol. The standard InChI is InChI=1S/C45H52FN9O6/c1-52-11-13-55(14-12-52)25-28-17-29(28)43(56)50-39-21-27-19-33(54(3)35(27)24-48-39)42-38(9-10-47-45(42)59-5)61-16-15-60-37-8-6-7-36(58-4)41(37)32-18-26-20-40(49-23-34(26)53(32)2)51-44(57)30-22-31(30)46/h6-10,18-21,23-24,28-31,44,57H,11-17,22,25H2,1-5H3,(H,49,51)(H,48,50,56). The number of pyridine rings is 3. The summed E-state index contributed by atoms with van der Waals surface area (Å²) >= 11 is 0. The summed E-state index contributed by atoms with van der Waals surface area (Å²) < 4.78 is 41.9. The summed E-state index contributed by atoms with van der Waals surface area (Å²) in [4.78, 5) is 31.6. The van der Waals surface area contributed by atoms with Crippen molar-refractivity contribution in [2.24, 2.45) is 31.8 Å². The van der Waals surface area contributed by atoms with Gasteiger partial charge < -0.3 is 53.6 Å². The molecule has 1 saturated heterocycles. The van der Waals surface area contributed by atoms with Crippen LogP contribution in [0.1, 0.15) is 12.8 Å². The fraction of sp³-hybridized carbons (Fsp3) is 0.422. The minimum atomic E-state index is -1.00. The molecule has 5 unspecified atom stereocenters. The highest BCUT2D eigenvalue weighted by atomic mass is 19.1. The van der Waals surface area contributed by atoms with Crippen molar-refractivity contribution >= 4 is 39.3 Å². The summed E-state index contributed by atoms with van der Waals surface area (Å²) in [7, 11) is 9.24. The zero-order valence-electron chi connectivity index (χ0n) is 35.1. The van der Waals surface area contributed by atoms with Crippen molar-refractivity contribution in [3.8, 4) is 45.6 Å². The number of amides is 1. The average Bonchev–Trinajstić information content (AvgIpc) is 4.15. The molecule has 5 aromatic heterocycles. The lowest BCUT2D eigenvalue weighted by atomic mass is 10.1. The van der Waals surface area contributed by atoms with Crippen molar-refractivity contribution < 1.29 is 33.2 Å². The molecule has 2 saturated carbocycles. The van der Waals surface area contributed by atoms with E-state index < -0.39 is 18.3 Å². The molecule has 0 bridgehead atoms. The summed E-state index contributed by atoms with van der Waals surface area (Å²) in [5.74, 6) is 3.17. The number of aliphatic hydroxyl groups excluding tert-OH is 1. The summed E-state index contributed by atoms with van der Waals surface area (Å²) in [6, 6.07) is 15.2. The van der Waals surface area contributed by atoms with Crippen molar-refractivity contribution in [1.29, 1.82) is 0 Å². The largest absolute Gasteiger partial charge is 0.496 e. The first kappa shape index (κ1) is 40.4. The van der Waals surface area contributed by atoms with E-state index in [1.165, 1.54) is 0 Å². The van der Waals surface area contributed by atoms with Gasteiger partial charge in [-0.3, -0.25) is 4.79 Å². The Kier molecular flexibility index (Phi) is 11.2. The first-order valence-electron chi connectivity index (χ1n) is 20.8. The molecule has 3 N–H and O–H groups in total. The quantitative estimate of drug-likeness (QED) is 0.0826. The number of methoxy groups -OCH3 is 2. The van der Waals surface area contributed by atoms with Crippen LogP contribution in [0.15, 0.2) is 67.1 Å². The predicted molar refractivity (Wildman–Crippen MR) is 231 cm³/mol. The van der Waals surface area contributed by atoms with E-state index in [0.717, 1.165) is 77.9 Å². The number of alkyl halides is 1. The molecule has 15 nitrogen and oxygen atoms in total. The smallest absolute Gasteiger partial charge is 0.228 e. The van der Waals surface area contributed by atoms with Crippen LogP contribution in [0.2, 0.25) is 0 Å². The normalized spacial score (nSPS) is 20.7. The van der Waals surface area contributed by atoms with Crippen LogP contribution in [-0.4, -0.2) is 125 Å². The molecule has 6 heterocycles. The number of carbonyl (C=O) groups is 1. The first-order valence-corrected chi connectivity index (χ1v) is 20.8. The summed E-state index contributed by atoms with van der Waals surface area (Å²) in [6.07, 6.45) is 4.40. The summed E-state index contributed by atoms with van der Waals surface area (Å²) in [5, 5.41) is 18.2. The number of halogens is 1. The number of rotatable bonds is 16. The van der Waals surface area contributed by atoms with E-state index in [0.29, 0.717) is 52.7 Å². The van der Waals surface area contributed by atoms with E-state index in [4.69, 9.17) is 18.9 Å². The van der Waals surface area contributed by atoms with Gasteiger partial charge in [-0.15, -0.1) is 0 Å². The lowest BCUT2D eigenvalue weighted by Gasteiger charge is -2.32. The van der Waals surface area contributed by atoms with Gasteiger partial charge >= 0.3 is 0 Å². The number of likely N-dealkylation sites (N-methyl/N-ethyl adjacent to an activating group) is 1. The Bertz CT molecular complexity index is 2570. The minimum absolute atomic E-state index is 0.0108. The fourth-order valence-electron chi connectivity index (χ4n) is 8.51. The van der Waals surface area contributed by atoms with Crippen molar-refractivity contribution in [2.45, 2.75) is 25.2 Å². The Balaban J connectivity index is 0.887. The molecule has 61 heavy (non-hydrogen) atoms. The molecule has 16 heteroatoms. The summed E-state index contributed by atoms with van der Waals surface area (Å²) in [5.41, 5.74) is 4.81. The van der Waals surface area contributed by atoms with E-state index in [2.05, 4.69) is 42.4 Å². The first-order chi connectivity index (χ1) is 29.6. The van der Waals surface area contributed by atoms with E-state index >= 15 is 0 Å². The second-order valence-corrected chi connectivity index (χ2v) is 16.4. The van der Waals surface area contributed by atoms with E-state index in [9.17, 15) is 14.3 Å². The molecule has 6 aromatic rings. The highest BCUT2D eigenvalue weighted by Gasteiger charge is 2.44. The van der Waals surface area contributed by atoms with Crippen molar-refractivity contribution in [1.82, 2.24) is 33.9 Å². The van der Waals surface area contributed by atoms with Crippen LogP contribution in [0.25, 0.3) is 44.3 Å². The molecular weight excluding hydrogens is 782 g/mol. The second kappa shape index (κ2) is 16.8. The number of hydrogen-bond donors (Lipinski definition) is 3. The molecule has 320 valence electrons. The number of nitrogens with zero attached hydrogens (tertiary/aromatic N) is 7. The second-order valence-electron chi connectivity index (χ2n) is 16.4. The number of fused-ring (bicyclic) bond motifs is 2. The molecule has 3 aliphatic rings. The Morgan fingerprint density at radius 3 is 2.10 bits per heavy atom. The molecule has 1 aliphatic heterocycles. The Morgan fingerprint density at radius 1 is 0.820 bits per heavy atom. The third kappa shape index (κ3) is 8.27. The molecule has 5 atom stereocenters. The monoisotopic (exact) mass is 833 g/mol. The van der Waals surface area contributed by atoms with Crippen LogP contribution >= 0.6 is 0 Å². The van der Waals surface area contributed by atoms with Crippen LogP contribution in [-0.2, 0) is 18.9 Å². The molecule has 0 radical (unpaired) electrons. The van der Waals surface area contributed by atoms with Gasteiger partial charge in [0.2, 0.25) is 11.8 Å². The zero-order chi connectivity index (χ0) is 42.4. The van der Waals surface area contributed by atoms with Crippen molar-refractivity contribution in [3.63, 3.8) is 0 Å². The van der Waals surface area contributed by atoms with Gasteiger partial charge in [0.1, 0.15) is 60.1 Å². The molecule has 2 aliphatic carbocycles. The van der Waals surface area contributed by atoms with Crippen LogP contribution in [0.4, 0.5) is 16.0 Å². The number of piperazine rings is 1. The minimum Gasteiger partial charge on any atom is -0.496 e. The number of anilines is 2. The topological polar surface area (TPSA) is 153 Å². The molecular formula is C45H52FN9O6. The lowest BCUT2D eigenvalue weighted by molar-refractivity contribution is -0.117. The van der Waals surface area contributed by atoms with Gasteiger partial charge in [0.05, 0.1) is 54.6 Å². The molecule has 1 aromatic carbocycles. The van der Waals surface area contributed by atoms with E-state index in [-0.39, 0.29) is 25.0 Å². The predicted octanol–water partition coefficient (Wildman–Crippen LogP) is 5.57. The van der Waals surface area contributed by atoms with Gasteiger partial charge in [0.25, 0.3) is 0 Å². The fourth-order valence-corrected chi connectivity index (χ4v) is 8.51. The number of aromatic nitrogens is 5. The van der Waals surface area contributed by atoms with Gasteiger partial charge in [-0.05, 0) is 68.3 Å². The number of benzene rings is 1. The van der Waals surface area contributed by atoms with Crippen molar-refractivity contribution in [3.05, 3.63) is 67.1 Å². The van der Waals surface area contributed by atoms with Crippen LogP contribution < -0.4 is 29.6 Å². The number of hydrogen-bond acceptors (Lipinski definition) is 12. The summed E-state index contributed by atoms with van der Waals surface area (Å²) in [6.45, 7) is 5.61.